The number of nitrogens with zero attached hydrogens (tertiary/aromatic N) is 1. The van der Waals surface area contributed by atoms with Crippen molar-refractivity contribution in [2.45, 2.75) is 26.1 Å². The molecule has 0 aliphatic carbocycles. The molecule has 1 aromatic carbocycles. The van der Waals surface area contributed by atoms with Crippen molar-refractivity contribution in [2.24, 2.45) is 0 Å². The molecular weight excluding hydrogens is 250 g/mol. The molecule has 0 radical (unpaired) electrons. The summed E-state index contributed by atoms with van der Waals surface area (Å²) in [5.74, 6) is 0.323. The maximum absolute atomic E-state index is 10.9. The van der Waals surface area contributed by atoms with Gasteiger partial charge in [0.25, 0.3) is 0 Å². The average molecular weight is 267 g/mol. The maximum atomic E-state index is 10.9. The number of rotatable bonds is 5. The van der Waals surface area contributed by atoms with Crippen molar-refractivity contribution in [3.63, 3.8) is 0 Å². The standard InChI is InChI=1S/C13H17NO5/c1-10-4-2-5-11(14(15)16)13(10)19-9-6-12-17-7-3-8-18-12/h2,4-5,12H,3,6-9H2,1H3. The lowest BCUT2D eigenvalue weighted by molar-refractivity contribution is -0.386. The highest BCUT2D eigenvalue weighted by Crippen LogP contribution is 2.30. The van der Waals surface area contributed by atoms with Gasteiger partial charge in [-0.15, -0.1) is 0 Å². The lowest BCUT2D eigenvalue weighted by Crippen LogP contribution is -2.26. The van der Waals surface area contributed by atoms with Gasteiger partial charge in [0.1, 0.15) is 0 Å². The molecule has 19 heavy (non-hydrogen) atoms. The molecule has 1 aliphatic rings. The van der Waals surface area contributed by atoms with Gasteiger partial charge in [-0.05, 0) is 18.9 Å². The Morgan fingerprint density at radius 2 is 2.16 bits per heavy atom. The quantitative estimate of drug-likeness (QED) is 0.605. The Bertz CT molecular complexity index is 443. The summed E-state index contributed by atoms with van der Waals surface area (Å²) in [6.45, 7) is 3.50. The molecule has 0 spiro atoms. The SMILES string of the molecule is Cc1cccc([N+](=O)[O-])c1OCCC1OCCCO1. The molecular formula is C13H17NO5. The first-order valence-electron chi connectivity index (χ1n) is 6.28. The van der Waals surface area contributed by atoms with Crippen molar-refractivity contribution in [2.75, 3.05) is 19.8 Å². The highest BCUT2D eigenvalue weighted by Gasteiger charge is 2.18. The Kier molecular flexibility index (Phi) is 4.70. The van der Waals surface area contributed by atoms with Gasteiger partial charge in [-0.2, -0.15) is 0 Å². The molecule has 6 heteroatoms. The predicted octanol–water partition coefficient (Wildman–Crippen LogP) is 2.44. The van der Waals surface area contributed by atoms with Gasteiger partial charge in [0.05, 0.1) is 24.7 Å². The van der Waals surface area contributed by atoms with Gasteiger partial charge in [-0.1, -0.05) is 12.1 Å². The number of nitro benzene ring substituents is 1. The maximum Gasteiger partial charge on any atom is 0.311 e. The van der Waals surface area contributed by atoms with E-state index in [0.717, 1.165) is 12.0 Å². The van der Waals surface area contributed by atoms with Crippen LogP contribution in [-0.4, -0.2) is 31.0 Å². The fraction of sp³-hybridized carbons (Fsp3) is 0.538. The molecule has 1 fully saturated rings. The van der Waals surface area contributed by atoms with E-state index in [1.807, 2.05) is 0 Å². The van der Waals surface area contributed by atoms with Crippen LogP contribution in [0.2, 0.25) is 0 Å². The molecule has 6 nitrogen and oxygen atoms in total. The van der Waals surface area contributed by atoms with Crippen LogP contribution < -0.4 is 4.74 Å². The molecule has 0 saturated carbocycles. The summed E-state index contributed by atoms with van der Waals surface area (Å²) in [5.41, 5.74) is 0.741. The van der Waals surface area contributed by atoms with Crippen LogP contribution in [0.4, 0.5) is 5.69 Å². The Morgan fingerprint density at radius 3 is 2.84 bits per heavy atom. The van der Waals surface area contributed by atoms with Crippen molar-refractivity contribution in [1.82, 2.24) is 0 Å². The number of para-hydroxylation sites is 1. The second kappa shape index (κ2) is 6.49. The van der Waals surface area contributed by atoms with Gasteiger partial charge in [-0.25, -0.2) is 0 Å². The van der Waals surface area contributed by atoms with Crippen LogP contribution in [0.1, 0.15) is 18.4 Å². The van der Waals surface area contributed by atoms with E-state index in [1.54, 1.807) is 19.1 Å². The van der Waals surface area contributed by atoms with Gasteiger partial charge in [0.2, 0.25) is 0 Å². The van der Waals surface area contributed by atoms with Crippen LogP contribution >= 0.6 is 0 Å². The van der Waals surface area contributed by atoms with Crippen molar-refractivity contribution in [3.8, 4) is 5.75 Å². The number of benzene rings is 1. The second-order valence-electron chi connectivity index (χ2n) is 4.34. The Balaban J connectivity index is 1.93. The molecule has 0 bridgehead atoms. The summed E-state index contributed by atoms with van der Waals surface area (Å²) in [7, 11) is 0. The van der Waals surface area contributed by atoms with Gasteiger partial charge in [0, 0.05) is 12.5 Å². The predicted molar refractivity (Wildman–Crippen MR) is 68.3 cm³/mol. The molecule has 0 amide bonds. The highest BCUT2D eigenvalue weighted by atomic mass is 16.7. The molecule has 0 N–H and O–H groups in total. The molecule has 104 valence electrons. The molecule has 0 aromatic heterocycles. The Labute approximate surface area is 111 Å². The molecule has 0 atom stereocenters. The average Bonchev–Trinajstić information content (AvgIpc) is 2.41. The number of ether oxygens (including phenoxy) is 3. The van der Waals surface area contributed by atoms with Crippen molar-refractivity contribution in [1.29, 1.82) is 0 Å². The molecule has 1 saturated heterocycles. The van der Waals surface area contributed by atoms with Crippen LogP contribution in [0.25, 0.3) is 0 Å². The third kappa shape index (κ3) is 3.65. The largest absolute Gasteiger partial charge is 0.486 e. The third-order valence-corrected chi connectivity index (χ3v) is 2.88. The van der Waals surface area contributed by atoms with Gasteiger partial charge in [0.15, 0.2) is 12.0 Å². The zero-order chi connectivity index (χ0) is 13.7. The van der Waals surface area contributed by atoms with Gasteiger partial charge >= 0.3 is 5.69 Å². The Hall–Kier alpha value is -1.66. The summed E-state index contributed by atoms with van der Waals surface area (Å²) in [5, 5.41) is 10.9. The molecule has 0 unspecified atom stereocenters. The van der Waals surface area contributed by atoms with E-state index in [1.165, 1.54) is 6.07 Å². The monoisotopic (exact) mass is 267 g/mol. The smallest absolute Gasteiger partial charge is 0.311 e. The topological polar surface area (TPSA) is 70.8 Å². The summed E-state index contributed by atoms with van der Waals surface area (Å²) >= 11 is 0. The normalized spacial score (nSPS) is 16.3. The minimum absolute atomic E-state index is 0.00881. The van der Waals surface area contributed by atoms with E-state index >= 15 is 0 Å². The summed E-state index contributed by atoms with van der Waals surface area (Å²) in [6.07, 6.45) is 1.20. The number of hydrogen-bond acceptors (Lipinski definition) is 5. The first kappa shape index (κ1) is 13.8. The Morgan fingerprint density at radius 1 is 1.42 bits per heavy atom. The van der Waals surface area contributed by atoms with E-state index < -0.39 is 4.92 Å². The summed E-state index contributed by atoms with van der Waals surface area (Å²) in [4.78, 5) is 10.5. The third-order valence-electron chi connectivity index (χ3n) is 2.88. The van der Waals surface area contributed by atoms with Crippen LogP contribution in [0.3, 0.4) is 0 Å². The molecule has 1 aromatic rings. The van der Waals surface area contributed by atoms with E-state index in [0.29, 0.717) is 32.0 Å². The van der Waals surface area contributed by atoms with Crippen molar-refractivity contribution in [3.05, 3.63) is 33.9 Å². The minimum Gasteiger partial charge on any atom is -0.486 e. The minimum atomic E-state index is -0.435. The zero-order valence-corrected chi connectivity index (χ0v) is 10.8. The van der Waals surface area contributed by atoms with E-state index in [2.05, 4.69) is 0 Å². The van der Waals surface area contributed by atoms with Crippen molar-refractivity contribution >= 4 is 5.69 Å². The first-order valence-corrected chi connectivity index (χ1v) is 6.28. The summed E-state index contributed by atoms with van der Waals surface area (Å²) < 4.78 is 16.3. The second-order valence-corrected chi connectivity index (χ2v) is 4.34. The van der Waals surface area contributed by atoms with Crippen molar-refractivity contribution < 1.29 is 19.1 Å². The molecule has 1 aliphatic heterocycles. The van der Waals surface area contributed by atoms with Crippen LogP contribution in [-0.2, 0) is 9.47 Å². The fourth-order valence-electron chi connectivity index (χ4n) is 1.93. The fourth-order valence-corrected chi connectivity index (χ4v) is 1.93. The number of hydrogen-bond donors (Lipinski definition) is 0. The molecule has 2 rings (SSSR count). The number of aryl methyl sites for hydroxylation is 1. The lowest BCUT2D eigenvalue weighted by Gasteiger charge is -2.23. The molecule has 1 heterocycles. The summed E-state index contributed by atoms with van der Waals surface area (Å²) in [6, 6.07) is 4.87. The van der Waals surface area contributed by atoms with Crippen LogP contribution in [0.5, 0.6) is 5.75 Å². The lowest BCUT2D eigenvalue weighted by atomic mass is 10.2. The van der Waals surface area contributed by atoms with Gasteiger partial charge < -0.3 is 14.2 Å². The number of nitro groups is 1. The van der Waals surface area contributed by atoms with Gasteiger partial charge in [-0.3, -0.25) is 10.1 Å². The van der Waals surface area contributed by atoms with E-state index in [4.69, 9.17) is 14.2 Å². The van der Waals surface area contributed by atoms with E-state index in [-0.39, 0.29) is 12.0 Å². The van der Waals surface area contributed by atoms with Crippen LogP contribution in [0, 0.1) is 17.0 Å². The van der Waals surface area contributed by atoms with Crippen LogP contribution in [0.15, 0.2) is 18.2 Å². The zero-order valence-electron chi connectivity index (χ0n) is 10.8. The van der Waals surface area contributed by atoms with E-state index in [9.17, 15) is 10.1 Å². The highest BCUT2D eigenvalue weighted by molar-refractivity contribution is 5.51. The first-order chi connectivity index (χ1) is 9.18.